The molecule has 1 aromatic carbocycles. The molecule has 7 nitrogen and oxygen atoms in total. The van der Waals surface area contributed by atoms with E-state index in [1.807, 2.05) is 24.1 Å². The normalized spacial score (nSPS) is 19.8. The van der Waals surface area contributed by atoms with E-state index < -0.39 is 0 Å². The number of aromatic amines is 1. The fraction of sp³-hybridized carbons (Fsp3) is 0.278. The second kappa shape index (κ2) is 6.37. The van der Waals surface area contributed by atoms with Crippen LogP contribution in [-0.4, -0.2) is 31.8 Å². The van der Waals surface area contributed by atoms with Crippen molar-refractivity contribution in [2.75, 3.05) is 11.4 Å². The van der Waals surface area contributed by atoms with E-state index in [4.69, 9.17) is 28.9 Å². The Morgan fingerprint density at radius 3 is 2.81 bits per heavy atom. The van der Waals surface area contributed by atoms with Crippen molar-refractivity contribution < 1.29 is 0 Å². The molecule has 140 valence electrons. The van der Waals surface area contributed by atoms with Gasteiger partial charge in [-0.15, -0.1) is 0 Å². The Bertz CT molecular complexity index is 1130. The van der Waals surface area contributed by atoms with Gasteiger partial charge in [0.25, 0.3) is 5.56 Å². The summed E-state index contributed by atoms with van der Waals surface area (Å²) in [6, 6.07) is 5.24. The lowest BCUT2D eigenvalue weighted by atomic mass is 9.97. The first kappa shape index (κ1) is 18.0. The van der Waals surface area contributed by atoms with Gasteiger partial charge in [-0.1, -0.05) is 35.3 Å². The molecule has 0 saturated heterocycles. The van der Waals surface area contributed by atoms with E-state index in [1.54, 1.807) is 25.2 Å². The first-order chi connectivity index (χ1) is 12.8. The molecule has 0 amide bonds. The van der Waals surface area contributed by atoms with Crippen molar-refractivity contribution in [1.29, 1.82) is 0 Å². The number of H-pyrrole nitrogens is 1. The van der Waals surface area contributed by atoms with E-state index in [9.17, 15) is 4.79 Å². The summed E-state index contributed by atoms with van der Waals surface area (Å²) in [5, 5.41) is 8.24. The van der Waals surface area contributed by atoms with Gasteiger partial charge in [-0.2, -0.15) is 10.1 Å². The van der Waals surface area contributed by atoms with Crippen LogP contribution in [0.3, 0.4) is 0 Å². The highest BCUT2D eigenvalue weighted by Crippen LogP contribution is 2.35. The number of halogens is 2. The molecule has 3 N–H and O–H groups in total. The second-order valence-electron chi connectivity index (χ2n) is 6.94. The molecule has 4 rings (SSSR count). The van der Waals surface area contributed by atoms with Crippen LogP contribution >= 0.6 is 23.2 Å². The van der Waals surface area contributed by atoms with Crippen LogP contribution < -0.4 is 16.2 Å². The van der Waals surface area contributed by atoms with Gasteiger partial charge < -0.3 is 10.6 Å². The van der Waals surface area contributed by atoms with E-state index >= 15 is 0 Å². The molecule has 1 aliphatic rings. The predicted octanol–water partition coefficient (Wildman–Crippen LogP) is 3.07. The van der Waals surface area contributed by atoms with Crippen LogP contribution in [0, 0.1) is 0 Å². The van der Waals surface area contributed by atoms with Gasteiger partial charge in [-0.05, 0) is 25.5 Å². The molecule has 0 saturated carbocycles. The molecule has 0 spiro atoms. The number of aromatic nitrogens is 4. The minimum absolute atomic E-state index is 0.218. The molecule has 0 aliphatic carbocycles. The summed E-state index contributed by atoms with van der Waals surface area (Å²) < 4.78 is 1.50. The molecule has 3 heterocycles. The molecule has 1 aliphatic heterocycles. The van der Waals surface area contributed by atoms with E-state index in [0.717, 1.165) is 6.42 Å². The number of nitrogens with zero attached hydrogens (tertiary/aromatic N) is 4. The van der Waals surface area contributed by atoms with Crippen molar-refractivity contribution in [3.05, 3.63) is 50.9 Å². The van der Waals surface area contributed by atoms with Gasteiger partial charge in [0.2, 0.25) is 5.95 Å². The number of benzene rings is 1. The number of nitrogens with one attached hydrogen (secondary N) is 1. The first-order valence-electron chi connectivity index (χ1n) is 8.43. The van der Waals surface area contributed by atoms with Gasteiger partial charge in [-0.3, -0.25) is 14.5 Å². The van der Waals surface area contributed by atoms with Gasteiger partial charge in [0.15, 0.2) is 5.65 Å². The Labute approximate surface area is 165 Å². The van der Waals surface area contributed by atoms with Gasteiger partial charge >= 0.3 is 0 Å². The molecule has 9 heteroatoms. The number of hydrogen-bond acceptors (Lipinski definition) is 5. The Balaban J connectivity index is 1.88. The molecule has 2 aromatic heterocycles. The van der Waals surface area contributed by atoms with Gasteiger partial charge in [-0.25, -0.2) is 0 Å². The molecule has 0 radical (unpaired) electrons. The van der Waals surface area contributed by atoms with Crippen molar-refractivity contribution in [1.82, 2.24) is 19.7 Å². The average Bonchev–Trinajstić information content (AvgIpc) is 3.04. The standard InChI is InChI=1S/C18H18Cl2N6O/c1-18(21)6-8-26(9-7-18)17-22-15-12(16(27)25(17)2)14(23-24-15)10-4-3-5-11(19)13(10)20/h3-6,8H,7,9,21H2,1-2H3,(H,23,24)/t18-/m1/s1. The molecular formula is C18H18Cl2N6O. The van der Waals surface area contributed by atoms with Crippen molar-refractivity contribution in [2.45, 2.75) is 18.9 Å². The lowest BCUT2D eigenvalue weighted by Gasteiger charge is -2.31. The highest BCUT2D eigenvalue weighted by molar-refractivity contribution is 6.43. The summed E-state index contributed by atoms with van der Waals surface area (Å²) in [5.74, 6) is 0.509. The monoisotopic (exact) mass is 404 g/mol. The first-order valence-corrected chi connectivity index (χ1v) is 9.18. The molecular weight excluding hydrogens is 387 g/mol. The summed E-state index contributed by atoms with van der Waals surface area (Å²) in [6.45, 7) is 2.62. The van der Waals surface area contributed by atoms with E-state index in [0.29, 0.717) is 44.8 Å². The highest BCUT2D eigenvalue weighted by Gasteiger charge is 2.25. The molecule has 0 bridgehead atoms. The second-order valence-corrected chi connectivity index (χ2v) is 7.72. The Morgan fingerprint density at radius 2 is 2.11 bits per heavy atom. The van der Waals surface area contributed by atoms with E-state index in [-0.39, 0.29) is 11.1 Å². The largest absolute Gasteiger partial charge is 0.322 e. The molecule has 1 atom stereocenters. The van der Waals surface area contributed by atoms with Crippen LogP contribution in [0.5, 0.6) is 0 Å². The summed E-state index contributed by atoms with van der Waals surface area (Å²) in [6.07, 6.45) is 4.52. The SMILES string of the molecule is Cn1c(N2C=C[C@@](C)(N)CC2)nc2n[nH]c(-c3cccc(Cl)c3Cl)c2c1=O. The van der Waals surface area contributed by atoms with Gasteiger partial charge in [0, 0.05) is 30.9 Å². The number of hydrogen-bond donors (Lipinski definition) is 2. The fourth-order valence-corrected chi connectivity index (χ4v) is 3.53. The maximum atomic E-state index is 13.1. The van der Waals surface area contributed by atoms with Crippen LogP contribution in [0.15, 0.2) is 35.3 Å². The maximum Gasteiger partial charge on any atom is 0.266 e. The third kappa shape index (κ3) is 3.01. The van der Waals surface area contributed by atoms with Crippen LogP contribution in [0.25, 0.3) is 22.3 Å². The molecule has 3 aromatic rings. The number of fused-ring (bicyclic) bond motifs is 1. The zero-order chi connectivity index (χ0) is 19.3. The highest BCUT2D eigenvalue weighted by atomic mass is 35.5. The molecule has 27 heavy (non-hydrogen) atoms. The summed E-state index contributed by atoms with van der Waals surface area (Å²) >= 11 is 12.4. The lowest BCUT2D eigenvalue weighted by molar-refractivity contribution is 0.513. The third-order valence-electron chi connectivity index (χ3n) is 4.78. The Kier molecular flexibility index (Phi) is 4.25. The van der Waals surface area contributed by atoms with Crippen LogP contribution in [-0.2, 0) is 7.05 Å². The summed E-state index contributed by atoms with van der Waals surface area (Å²) in [7, 11) is 1.69. The molecule has 0 fully saturated rings. The van der Waals surface area contributed by atoms with Crippen LogP contribution in [0.4, 0.5) is 5.95 Å². The Hall–Kier alpha value is -2.35. The van der Waals surface area contributed by atoms with Crippen LogP contribution in [0.2, 0.25) is 10.0 Å². The topological polar surface area (TPSA) is 92.8 Å². The van der Waals surface area contributed by atoms with Gasteiger partial charge in [0.1, 0.15) is 5.39 Å². The van der Waals surface area contributed by atoms with Crippen molar-refractivity contribution in [2.24, 2.45) is 12.8 Å². The van der Waals surface area contributed by atoms with E-state index in [1.165, 1.54) is 4.57 Å². The minimum Gasteiger partial charge on any atom is -0.322 e. The third-order valence-corrected chi connectivity index (χ3v) is 5.59. The van der Waals surface area contributed by atoms with Crippen LogP contribution in [0.1, 0.15) is 13.3 Å². The fourth-order valence-electron chi connectivity index (χ4n) is 3.14. The maximum absolute atomic E-state index is 13.1. The summed E-state index contributed by atoms with van der Waals surface area (Å²) in [5.41, 5.74) is 6.99. The quantitative estimate of drug-likeness (QED) is 0.684. The summed E-state index contributed by atoms with van der Waals surface area (Å²) in [4.78, 5) is 19.6. The minimum atomic E-state index is -0.359. The van der Waals surface area contributed by atoms with E-state index in [2.05, 4.69) is 15.2 Å². The lowest BCUT2D eigenvalue weighted by Crippen LogP contribution is -2.42. The zero-order valence-corrected chi connectivity index (χ0v) is 16.3. The zero-order valence-electron chi connectivity index (χ0n) is 14.8. The average molecular weight is 405 g/mol. The number of rotatable bonds is 2. The number of anilines is 1. The van der Waals surface area contributed by atoms with Crippen molar-refractivity contribution in [3.63, 3.8) is 0 Å². The van der Waals surface area contributed by atoms with Crippen molar-refractivity contribution in [3.8, 4) is 11.3 Å². The molecule has 0 unspecified atom stereocenters. The Morgan fingerprint density at radius 1 is 1.33 bits per heavy atom. The smallest absolute Gasteiger partial charge is 0.266 e. The predicted molar refractivity (Wildman–Crippen MR) is 108 cm³/mol. The van der Waals surface area contributed by atoms with Crippen molar-refractivity contribution >= 4 is 40.2 Å². The number of nitrogens with two attached hydrogens (primary N) is 1. The van der Waals surface area contributed by atoms with Gasteiger partial charge in [0.05, 0.1) is 15.7 Å².